The van der Waals surface area contributed by atoms with Crippen molar-refractivity contribution in [3.63, 3.8) is 0 Å². The van der Waals surface area contributed by atoms with E-state index >= 15 is 0 Å². The molecule has 3 aromatic carbocycles. The maximum atomic E-state index is 12.8. The van der Waals surface area contributed by atoms with E-state index in [4.69, 9.17) is 26.4 Å². The summed E-state index contributed by atoms with van der Waals surface area (Å²) in [4.78, 5) is 34.5. The monoisotopic (exact) mass is 713 g/mol. The fourth-order valence-electron chi connectivity index (χ4n) is 7.54. The first-order valence-electron chi connectivity index (χ1n) is 17.4. The van der Waals surface area contributed by atoms with Crippen molar-refractivity contribution in [2.45, 2.75) is 77.5 Å². The topological polar surface area (TPSA) is 101 Å². The molecule has 2 aliphatic heterocycles. The summed E-state index contributed by atoms with van der Waals surface area (Å²) in [6.07, 6.45) is 1.47. The number of aliphatic carboxylic acids is 1. The zero-order valence-electron chi connectivity index (χ0n) is 29.5. The lowest BCUT2D eigenvalue weighted by molar-refractivity contribution is -0.160. The molecule has 262 valence electrons. The van der Waals surface area contributed by atoms with Crippen molar-refractivity contribution in [3.05, 3.63) is 70.4 Å². The molecule has 0 aliphatic carbocycles. The van der Waals surface area contributed by atoms with E-state index in [1.807, 2.05) is 81.6 Å². The Hall–Kier alpha value is -3.83. The van der Waals surface area contributed by atoms with Crippen LogP contribution >= 0.6 is 22.9 Å². The summed E-state index contributed by atoms with van der Waals surface area (Å²) in [5.41, 5.74) is 6.45. The van der Waals surface area contributed by atoms with Crippen molar-refractivity contribution < 1.29 is 19.4 Å². The van der Waals surface area contributed by atoms with Crippen molar-refractivity contribution in [2.75, 3.05) is 26.2 Å². The van der Waals surface area contributed by atoms with Gasteiger partial charge in [0.05, 0.1) is 27.0 Å². The van der Waals surface area contributed by atoms with E-state index < -0.39 is 17.7 Å². The van der Waals surface area contributed by atoms with Gasteiger partial charge < -0.3 is 14.7 Å². The number of carbonyl (C=O) groups is 2. The molecule has 9 nitrogen and oxygen atoms in total. The number of fused-ring (bicyclic) bond motifs is 2. The molecule has 2 aliphatic rings. The summed E-state index contributed by atoms with van der Waals surface area (Å²) in [5, 5.41) is 18.1. The number of carbonyl (C=O) groups excluding carboxylic acids is 1. The molecule has 7 rings (SSSR count). The molecule has 11 heteroatoms. The van der Waals surface area contributed by atoms with Crippen LogP contribution in [0.15, 0.2) is 48.5 Å². The van der Waals surface area contributed by atoms with Crippen molar-refractivity contribution >= 4 is 55.9 Å². The zero-order valence-corrected chi connectivity index (χ0v) is 31.1. The Morgan fingerprint density at radius 3 is 2.38 bits per heavy atom. The molecule has 4 heterocycles. The maximum Gasteiger partial charge on any atom is 0.337 e. The second-order valence-electron chi connectivity index (χ2n) is 14.7. The predicted octanol–water partition coefficient (Wildman–Crippen LogP) is 8.22. The maximum absolute atomic E-state index is 12.8. The van der Waals surface area contributed by atoms with Gasteiger partial charge in [0, 0.05) is 65.6 Å². The molecule has 0 bridgehead atoms. The molecule has 5 aromatic rings. The molecule has 0 spiro atoms. The van der Waals surface area contributed by atoms with Crippen LogP contribution in [0.4, 0.5) is 0 Å². The van der Waals surface area contributed by atoms with Gasteiger partial charge in [0.25, 0.3) is 0 Å². The minimum absolute atomic E-state index is 0.246. The largest absolute Gasteiger partial charge is 0.479 e. The minimum atomic E-state index is -1.17. The molecule has 2 aromatic heterocycles. The molecular weight excluding hydrogens is 670 g/mol. The Bertz CT molecular complexity index is 2090. The van der Waals surface area contributed by atoms with Gasteiger partial charge in [-0.3, -0.25) is 14.4 Å². The van der Waals surface area contributed by atoms with E-state index in [1.54, 1.807) is 11.3 Å². The lowest BCUT2D eigenvalue weighted by Gasteiger charge is -2.47. The number of carboxylic acid groups (broad SMARTS) is 1. The summed E-state index contributed by atoms with van der Waals surface area (Å²) >= 11 is 7.86. The van der Waals surface area contributed by atoms with Crippen LogP contribution in [0.3, 0.4) is 0 Å². The lowest BCUT2D eigenvalue weighted by Crippen LogP contribution is -2.62. The van der Waals surface area contributed by atoms with Gasteiger partial charge in [-0.05, 0) is 101 Å². The highest BCUT2D eigenvalue weighted by atomic mass is 35.5. The fraction of sp³-hybridized carbons (Fsp3) is 0.436. The van der Waals surface area contributed by atoms with Gasteiger partial charge in [0.1, 0.15) is 5.01 Å². The van der Waals surface area contributed by atoms with E-state index in [-0.39, 0.29) is 5.91 Å². The first-order valence-corrected chi connectivity index (χ1v) is 18.6. The van der Waals surface area contributed by atoms with Crippen LogP contribution in [0.25, 0.3) is 42.8 Å². The van der Waals surface area contributed by atoms with Crippen LogP contribution in [0, 0.1) is 6.92 Å². The number of aryl methyl sites for hydroxylation is 2. The Balaban J connectivity index is 1.25. The number of thiazole rings is 1. The van der Waals surface area contributed by atoms with Crippen molar-refractivity contribution in [1.29, 1.82) is 0 Å². The second kappa shape index (κ2) is 13.4. The number of rotatable bonds is 8. The molecular formula is C39H44ClN5O4S. The summed E-state index contributed by atoms with van der Waals surface area (Å²) in [6, 6.07) is 16.4. The van der Waals surface area contributed by atoms with Gasteiger partial charge in [0.15, 0.2) is 6.10 Å². The SMILES string of the molecule is CCC(=O)N1CC(N2CCC(c3nn(C)c4ccc(-c5nc6cc(C)c(C(OC(C)(C)C)C(=O)O)c(-c7ccc(Cl)cc7)c6s5)cc34)CC2)C1. The van der Waals surface area contributed by atoms with E-state index in [2.05, 4.69) is 23.1 Å². The van der Waals surface area contributed by atoms with Gasteiger partial charge in [0.2, 0.25) is 5.91 Å². The number of ether oxygens (including phenoxy) is 1. The average Bonchev–Trinajstić information content (AvgIpc) is 3.63. The summed E-state index contributed by atoms with van der Waals surface area (Å²) in [6.45, 7) is 13.2. The van der Waals surface area contributed by atoms with Gasteiger partial charge in [-0.15, -0.1) is 11.3 Å². The van der Waals surface area contributed by atoms with Crippen molar-refractivity contribution in [3.8, 4) is 21.7 Å². The Morgan fingerprint density at radius 1 is 1.06 bits per heavy atom. The quantitative estimate of drug-likeness (QED) is 0.173. The number of amides is 1. The predicted molar refractivity (Wildman–Crippen MR) is 200 cm³/mol. The van der Waals surface area contributed by atoms with E-state index in [1.165, 1.54) is 0 Å². The number of likely N-dealkylation sites (tertiary alicyclic amines) is 2. The number of piperidine rings is 1. The van der Waals surface area contributed by atoms with Crippen molar-refractivity contribution in [1.82, 2.24) is 24.6 Å². The summed E-state index contributed by atoms with van der Waals surface area (Å²) in [7, 11) is 2.01. The molecule has 2 fully saturated rings. The Morgan fingerprint density at radius 2 is 1.74 bits per heavy atom. The van der Waals surface area contributed by atoms with Crippen LogP contribution in [0.1, 0.15) is 75.8 Å². The number of aromatic nitrogens is 3. The number of carboxylic acids is 1. The number of hydrogen-bond donors (Lipinski definition) is 1. The standard InChI is InChI=1S/C39H44ClN5O4S/c1-7-31(46)45-20-27(21-45)44-16-14-24(15-17-44)34-28-19-25(10-13-30(28)43(6)42-34)37-41-29-18-22(2)32(35(38(47)48)49-39(3,4)5)33(36(29)50-37)23-8-11-26(40)12-9-23/h8-13,18-19,24,27,35H,7,14-17,20-21H2,1-6H3,(H,47,48). The highest BCUT2D eigenvalue weighted by molar-refractivity contribution is 7.22. The number of halogens is 1. The van der Waals surface area contributed by atoms with E-state index in [0.29, 0.717) is 29.0 Å². The molecule has 0 radical (unpaired) electrons. The minimum Gasteiger partial charge on any atom is -0.479 e. The van der Waals surface area contributed by atoms with Gasteiger partial charge in [-0.1, -0.05) is 30.7 Å². The third kappa shape index (κ3) is 6.54. The first-order chi connectivity index (χ1) is 23.8. The fourth-order valence-corrected chi connectivity index (χ4v) is 8.79. The molecule has 1 atom stereocenters. The second-order valence-corrected chi connectivity index (χ2v) is 16.1. The highest BCUT2D eigenvalue weighted by Gasteiger charge is 2.37. The highest BCUT2D eigenvalue weighted by Crippen LogP contribution is 2.45. The average molecular weight is 714 g/mol. The molecule has 2 saturated heterocycles. The van der Waals surface area contributed by atoms with E-state index in [9.17, 15) is 14.7 Å². The summed E-state index contributed by atoms with van der Waals surface area (Å²) < 4.78 is 9.08. The third-order valence-electron chi connectivity index (χ3n) is 10.1. The van der Waals surface area contributed by atoms with Gasteiger partial charge in [-0.25, -0.2) is 9.78 Å². The Kier molecular flexibility index (Phi) is 9.26. The lowest BCUT2D eigenvalue weighted by atomic mass is 9.89. The normalized spacial score (nSPS) is 17.1. The number of benzene rings is 3. The van der Waals surface area contributed by atoms with Gasteiger partial charge >= 0.3 is 5.97 Å². The first kappa shape index (κ1) is 34.6. The summed E-state index contributed by atoms with van der Waals surface area (Å²) in [5.74, 6) is -0.439. The molecule has 0 saturated carbocycles. The van der Waals surface area contributed by atoms with Crippen LogP contribution in [-0.2, 0) is 21.4 Å². The zero-order chi connectivity index (χ0) is 35.5. The van der Waals surface area contributed by atoms with Gasteiger partial charge in [-0.2, -0.15) is 5.10 Å². The molecule has 1 unspecified atom stereocenters. The van der Waals surface area contributed by atoms with E-state index in [0.717, 1.165) is 93.1 Å². The third-order valence-corrected chi connectivity index (χ3v) is 11.5. The molecule has 50 heavy (non-hydrogen) atoms. The number of nitrogens with zero attached hydrogens (tertiary/aromatic N) is 5. The Labute approximate surface area is 301 Å². The van der Waals surface area contributed by atoms with Crippen LogP contribution in [0.2, 0.25) is 5.02 Å². The van der Waals surface area contributed by atoms with Crippen molar-refractivity contribution in [2.24, 2.45) is 7.05 Å². The number of hydrogen-bond acceptors (Lipinski definition) is 7. The van der Waals surface area contributed by atoms with Crippen LogP contribution in [0.5, 0.6) is 0 Å². The van der Waals surface area contributed by atoms with Crippen LogP contribution < -0.4 is 0 Å². The molecule has 1 amide bonds. The smallest absolute Gasteiger partial charge is 0.337 e. The molecule has 1 N–H and O–H groups in total. The van der Waals surface area contributed by atoms with Crippen LogP contribution in [-0.4, -0.2) is 79.4 Å².